The fourth-order valence-corrected chi connectivity index (χ4v) is 3.81. The Bertz CT molecular complexity index is 638. The van der Waals surface area contributed by atoms with Crippen LogP contribution in [0.4, 0.5) is 0 Å². The number of aryl methyl sites for hydroxylation is 3. The number of benzene rings is 2. The van der Waals surface area contributed by atoms with E-state index in [1.807, 2.05) is 0 Å². The summed E-state index contributed by atoms with van der Waals surface area (Å²) in [6.45, 7) is 4.59. The molecule has 142 valence electrons. The van der Waals surface area contributed by atoms with Crippen LogP contribution in [0.25, 0.3) is 0 Å². The third kappa shape index (κ3) is 5.84. The minimum Gasteiger partial charge on any atom is -0.395 e. The fraction of sp³-hybridized carbons (Fsp3) is 0.478. The molecule has 0 saturated carbocycles. The number of aliphatic hydroxyl groups is 1. The molecule has 3 rings (SSSR count). The van der Waals surface area contributed by atoms with Gasteiger partial charge in [0.25, 0.3) is 0 Å². The lowest BCUT2D eigenvalue weighted by atomic mass is 10.0. The first-order valence-electron chi connectivity index (χ1n) is 9.79. The molecule has 1 aliphatic rings. The zero-order chi connectivity index (χ0) is 17.5. The number of nitrogens with zero attached hydrogens (tertiary/aromatic N) is 1. The van der Waals surface area contributed by atoms with Crippen molar-refractivity contribution in [3.05, 3.63) is 70.8 Å². The number of rotatable bonds is 8. The Kier molecular flexibility index (Phi) is 8.64. The summed E-state index contributed by atoms with van der Waals surface area (Å²) in [4.78, 5) is 2.41. The predicted molar refractivity (Wildman–Crippen MR) is 112 cm³/mol. The molecule has 0 unspecified atom stereocenters. The zero-order valence-electron chi connectivity index (χ0n) is 15.9. The van der Waals surface area contributed by atoms with Crippen molar-refractivity contribution in [3.63, 3.8) is 0 Å². The number of likely N-dealkylation sites (tertiary alicyclic amines) is 1. The SMILES string of the molecule is CCCc1ccc(CCc2ccc(CN3CCC[C@@H]3CO)cc2)cc1.Cl. The van der Waals surface area contributed by atoms with E-state index in [-0.39, 0.29) is 19.0 Å². The Balaban J connectivity index is 0.00000243. The summed E-state index contributed by atoms with van der Waals surface area (Å²) in [6, 6.07) is 18.5. The third-order valence-electron chi connectivity index (χ3n) is 5.38. The lowest BCUT2D eigenvalue weighted by Crippen LogP contribution is -2.31. The first-order valence-corrected chi connectivity index (χ1v) is 9.79. The number of aliphatic hydroxyl groups excluding tert-OH is 1. The molecular formula is C23H32ClNO. The van der Waals surface area contributed by atoms with Gasteiger partial charge in [0.15, 0.2) is 0 Å². The average molecular weight is 374 g/mol. The van der Waals surface area contributed by atoms with Gasteiger partial charge < -0.3 is 5.11 Å². The monoisotopic (exact) mass is 373 g/mol. The highest BCUT2D eigenvalue weighted by atomic mass is 35.5. The van der Waals surface area contributed by atoms with Crippen molar-refractivity contribution in [1.82, 2.24) is 4.90 Å². The summed E-state index contributed by atoms with van der Waals surface area (Å²) in [5.41, 5.74) is 5.63. The molecule has 0 radical (unpaired) electrons. The second-order valence-corrected chi connectivity index (χ2v) is 7.33. The van der Waals surface area contributed by atoms with Gasteiger partial charge in [-0.05, 0) is 60.9 Å². The predicted octanol–water partition coefficient (Wildman–Crippen LogP) is 4.80. The lowest BCUT2D eigenvalue weighted by Gasteiger charge is -2.22. The first kappa shape index (κ1) is 21.0. The van der Waals surface area contributed by atoms with E-state index < -0.39 is 0 Å². The van der Waals surface area contributed by atoms with Crippen LogP contribution in [0.2, 0.25) is 0 Å². The number of halogens is 1. The first-order chi connectivity index (χ1) is 12.3. The van der Waals surface area contributed by atoms with Gasteiger partial charge in [-0.25, -0.2) is 0 Å². The molecule has 1 aliphatic heterocycles. The second kappa shape index (κ2) is 10.7. The molecule has 2 aromatic rings. The van der Waals surface area contributed by atoms with Crippen LogP contribution in [-0.4, -0.2) is 29.2 Å². The molecule has 0 aliphatic carbocycles. The average Bonchev–Trinajstić information content (AvgIpc) is 3.10. The van der Waals surface area contributed by atoms with E-state index in [0.29, 0.717) is 6.04 Å². The summed E-state index contributed by atoms with van der Waals surface area (Å²) in [6.07, 6.45) is 6.92. The molecule has 0 spiro atoms. The van der Waals surface area contributed by atoms with E-state index in [0.717, 1.165) is 32.4 Å². The Morgan fingerprint density at radius 1 is 0.846 bits per heavy atom. The van der Waals surface area contributed by atoms with Gasteiger partial charge in [-0.3, -0.25) is 4.90 Å². The van der Waals surface area contributed by atoms with Gasteiger partial charge in [0.1, 0.15) is 0 Å². The molecule has 2 aromatic carbocycles. The van der Waals surface area contributed by atoms with Crippen molar-refractivity contribution in [2.75, 3.05) is 13.2 Å². The van der Waals surface area contributed by atoms with Gasteiger partial charge in [-0.15, -0.1) is 12.4 Å². The maximum absolute atomic E-state index is 9.44. The normalized spacial score (nSPS) is 17.2. The molecule has 1 N–H and O–H groups in total. The second-order valence-electron chi connectivity index (χ2n) is 7.33. The van der Waals surface area contributed by atoms with E-state index in [4.69, 9.17) is 0 Å². The summed E-state index contributed by atoms with van der Waals surface area (Å²) in [7, 11) is 0. The molecule has 1 atom stereocenters. The molecule has 1 fully saturated rings. The molecule has 1 saturated heterocycles. The van der Waals surface area contributed by atoms with E-state index in [1.54, 1.807) is 0 Å². The van der Waals surface area contributed by atoms with Crippen LogP contribution >= 0.6 is 12.4 Å². The van der Waals surface area contributed by atoms with Crippen LogP contribution in [-0.2, 0) is 25.8 Å². The highest BCUT2D eigenvalue weighted by Gasteiger charge is 2.23. The molecule has 0 aromatic heterocycles. The van der Waals surface area contributed by atoms with E-state index in [2.05, 4.69) is 60.4 Å². The van der Waals surface area contributed by atoms with E-state index in [1.165, 1.54) is 41.5 Å². The van der Waals surface area contributed by atoms with Gasteiger partial charge in [0, 0.05) is 12.6 Å². The lowest BCUT2D eigenvalue weighted by molar-refractivity contribution is 0.153. The van der Waals surface area contributed by atoms with Crippen molar-refractivity contribution in [2.45, 2.75) is 58.0 Å². The fourth-order valence-electron chi connectivity index (χ4n) is 3.81. The van der Waals surface area contributed by atoms with E-state index in [9.17, 15) is 5.11 Å². The van der Waals surface area contributed by atoms with Crippen molar-refractivity contribution in [3.8, 4) is 0 Å². The van der Waals surface area contributed by atoms with Crippen LogP contribution in [0.3, 0.4) is 0 Å². The molecule has 3 heteroatoms. The standard InChI is InChI=1S/C23H31NO.ClH/c1-2-4-19-6-8-20(9-7-19)10-11-21-12-14-22(15-13-21)17-24-16-3-5-23(24)18-25;/h6-9,12-15,23,25H,2-5,10-11,16-18H2,1H3;1H/t23-;/m1./s1. The van der Waals surface area contributed by atoms with Crippen molar-refractivity contribution in [1.29, 1.82) is 0 Å². The van der Waals surface area contributed by atoms with Crippen molar-refractivity contribution in [2.24, 2.45) is 0 Å². The molecular weight excluding hydrogens is 342 g/mol. The van der Waals surface area contributed by atoms with Crippen LogP contribution < -0.4 is 0 Å². The highest BCUT2D eigenvalue weighted by molar-refractivity contribution is 5.85. The zero-order valence-corrected chi connectivity index (χ0v) is 16.7. The van der Waals surface area contributed by atoms with Crippen LogP contribution in [0.5, 0.6) is 0 Å². The van der Waals surface area contributed by atoms with Gasteiger partial charge >= 0.3 is 0 Å². The molecule has 26 heavy (non-hydrogen) atoms. The summed E-state index contributed by atoms with van der Waals surface area (Å²) >= 11 is 0. The smallest absolute Gasteiger partial charge is 0.0587 e. The third-order valence-corrected chi connectivity index (χ3v) is 5.38. The van der Waals surface area contributed by atoms with Gasteiger partial charge in [-0.1, -0.05) is 61.9 Å². The molecule has 0 bridgehead atoms. The largest absolute Gasteiger partial charge is 0.395 e. The number of hydrogen-bond acceptors (Lipinski definition) is 2. The molecule has 0 amide bonds. The highest BCUT2D eigenvalue weighted by Crippen LogP contribution is 2.20. The molecule has 2 nitrogen and oxygen atoms in total. The Labute approximate surface area is 164 Å². The summed E-state index contributed by atoms with van der Waals surface area (Å²) in [5.74, 6) is 0. The maximum Gasteiger partial charge on any atom is 0.0587 e. The van der Waals surface area contributed by atoms with Crippen LogP contribution in [0.15, 0.2) is 48.5 Å². The Hall–Kier alpha value is -1.35. The van der Waals surface area contributed by atoms with Gasteiger partial charge in [0.05, 0.1) is 6.61 Å². The molecule has 1 heterocycles. The maximum atomic E-state index is 9.44. The minimum atomic E-state index is 0. The Morgan fingerprint density at radius 2 is 1.35 bits per heavy atom. The van der Waals surface area contributed by atoms with Gasteiger partial charge in [-0.2, -0.15) is 0 Å². The Morgan fingerprint density at radius 3 is 1.85 bits per heavy atom. The van der Waals surface area contributed by atoms with Crippen LogP contribution in [0.1, 0.15) is 48.4 Å². The topological polar surface area (TPSA) is 23.5 Å². The minimum absolute atomic E-state index is 0. The van der Waals surface area contributed by atoms with Crippen molar-refractivity contribution >= 4 is 12.4 Å². The number of hydrogen-bond donors (Lipinski definition) is 1. The summed E-state index contributed by atoms with van der Waals surface area (Å²) in [5, 5.41) is 9.44. The summed E-state index contributed by atoms with van der Waals surface area (Å²) < 4.78 is 0. The quantitative estimate of drug-likeness (QED) is 0.718. The van der Waals surface area contributed by atoms with Crippen molar-refractivity contribution < 1.29 is 5.11 Å². The van der Waals surface area contributed by atoms with Gasteiger partial charge in [0.2, 0.25) is 0 Å². The van der Waals surface area contributed by atoms with E-state index >= 15 is 0 Å². The van der Waals surface area contributed by atoms with Crippen LogP contribution in [0, 0.1) is 0 Å².